The molecule has 3 rings (SSSR count). The Labute approximate surface area is 123 Å². The summed E-state index contributed by atoms with van der Waals surface area (Å²) in [5.41, 5.74) is 0.377. The number of aromatic nitrogens is 1. The zero-order valence-electron chi connectivity index (χ0n) is 12.2. The highest BCUT2D eigenvalue weighted by atomic mass is 16.3. The van der Waals surface area contributed by atoms with Crippen molar-refractivity contribution in [3.8, 4) is 0 Å². The molecular weight excluding hydrogens is 272 g/mol. The van der Waals surface area contributed by atoms with Gasteiger partial charge in [0.2, 0.25) is 5.91 Å². The van der Waals surface area contributed by atoms with Gasteiger partial charge in [-0.05, 0) is 19.8 Å². The fourth-order valence-corrected chi connectivity index (χ4v) is 3.06. The van der Waals surface area contributed by atoms with Crippen molar-refractivity contribution in [2.24, 2.45) is 0 Å². The zero-order chi connectivity index (χ0) is 14.8. The normalized spacial score (nSPS) is 23.5. The SMILES string of the molecule is Cc1ocnc1C(=O)N1CCCC(N2CCNCC2=O)C1. The number of piperidine rings is 1. The summed E-state index contributed by atoms with van der Waals surface area (Å²) in [6.07, 6.45) is 3.15. The molecule has 0 aliphatic carbocycles. The van der Waals surface area contributed by atoms with E-state index in [9.17, 15) is 9.59 Å². The average Bonchev–Trinajstić information content (AvgIpc) is 2.93. The van der Waals surface area contributed by atoms with E-state index in [1.165, 1.54) is 6.39 Å². The number of piperazine rings is 1. The van der Waals surface area contributed by atoms with E-state index in [1.807, 2.05) is 4.90 Å². The Morgan fingerprint density at radius 2 is 2.33 bits per heavy atom. The van der Waals surface area contributed by atoms with E-state index < -0.39 is 0 Å². The number of nitrogens with one attached hydrogen (secondary N) is 1. The van der Waals surface area contributed by atoms with Gasteiger partial charge in [0.25, 0.3) is 5.91 Å². The van der Waals surface area contributed by atoms with Gasteiger partial charge in [0, 0.05) is 32.2 Å². The Morgan fingerprint density at radius 1 is 1.48 bits per heavy atom. The third-order valence-electron chi connectivity index (χ3n) is 4.20. The van der Waals surface area contributed by atoms with Gasteiger partial charge in [-0.2, -0.15) is 0 Å². The molecule has 1 aromatic heterocycles. The standard InChI is InChI=1S/C14H20N4O3/c1-10-13(16-9-21-10)14(20)17-5-2-3-11(8-17)18-6-4-15-7-12(18)19/h9,11,15H,2-8H2,1H3. The molecule has 7 heteroatoms. The molecule has 0 radical (unpaired) electrons. The second kappa shape index (κ2) is 5.85. The van der Waals surface area contributed by atoms with Gasteiger partial charge in [-0.25, -0.2) is 4.98 Å². The first-order valence-electron chi connectivity index (χ1n) is 7.36. The first kappa shape index (κ1) is 14.1. The average molecular weight is 292 g/mol. The predicted molar refractivity (Wildman–Crippen MR) is 74.7 cm³/mol. The van der Waals surface area contributed by atoms with Crippen LogP contribution in [0.4, 0.5) is 0 Å². The summed E-state index contributed by atoms with van der Waals surface area (Å²) in [7, 11) is 0. The van der Waals surface area contributed by atoms with Crippen molar-refractivity contribution in [1.29, 1.82) is 0 Å². The molecule has 2 amide bonds. The molecule has 2 aliphatic heterocycles. The monoisotopic (exact) mass is 292 g/mol. The van der Waals surface area contributed by atoms with Gasteiger partial charge in [-0.3, -0.25) is 9.59 Å². The Bertz CT molecular complexity index is 542. The molecule has 1 aromatic rings. The van der Waals surface area contributed by atoms with Gasteiger partial charge >= 0.3 is 0 Å². The van der Waals surface area contributed by atoms with Crippen LogP contribution in [-0.4, -0.2) is 65.4 Å². The van der Waals surface area contributed by atoms with Gasteiger partial charge in [-0.15, -0.1) is 0 Å². The number of rotatable bonds is 2. The summed E-state index contributed by atoms with van der Waals surface area (Å²) in [6, 6.07) is 0.115. The highest BCUT2D eigenvalue weighted by molar-refractivity contribution is 5.93. The van der Waals surface area contributed by atoms with E-state index in [0.717, 1.165) is 19.4 Å². The number of carbonyl (C=O) groups is 2. The summed E-state index contributed by atoms with van der Waals surface area (Å²) >= 11 is 0. The van der Waals surface area contributed by atoms with Gasteiger partial charge < -0.3 is 19.5 Å². The van der Waals surface area contributed by atoms with Crippen LogP contribution in [0.2, 0.25) is 0 Å². The van der Waals surface area contributed by atoms with Crippen molar-refractivity contribution >= 4 is 11.8 Å². The van der Waals surface area contributed by atoms with Crippen molar-refractivity contribution in [2.75, 3.05) is 32.7 Å². The van der Waals surface area contributed by atoms with Crippen molar-refractivity contribution in [1.82, 2.24) is 20.1 Å². The molecule has 2 fully saturated rings. The van der Waals surface area contributed by atoms with E-state index in [-0.39, 0.29) is 17.9 Å². The Balaban J connectivity index is 1.69. The quantitative estimate of drug-likeness (QED) is 0.831. The third kappa shape index (κ3) is 2.78. The van der Waals surface area contributed by atoms with Crippen LogP contribution in [0.3, 0.4) is 0 Å². The number of nitrogens with zero attached hydrogens (tertiary/aromatic N) is 3. The van der Waals surface area contributed by atoms with Gasteiger partial charge in [0.15, 0.2) is 12.1 Å². The van der Waals surface area contributed by atoms with E-state index in [4.69, 9.17) is 4.42 Å². The Kier molecular flexibility index (Phi) is 3.92. The minimum atomic E-state index is -0.103. The highest BCUT2D eigenvalue weighted by Crippen LogP contribution is 2.19. The molecule has 114 valence electrons. The molecule has 21 heavy (non-hydrogen) atoms. The molecule has 0 spiro atoms. The lowest BCUT2D eigenvalue weighted by Crippen LogP contribution is -2.57. The number of hydrogen-bond donors (Lipinski definition) is 1. The summed E-state index contributed by atoms with van der Waals surface area (Å²) in [5.74, 6) is 0.562. The maximum absolute atomic E-state index is 12.5. The second-order valence-corrected chi connectivity index (χ2v) is 5.57. The maximum Gasteiger partial charge on any atom is 0.276 e. The molecule has 2 saturated heterocycles. The minimum absolute atomic E-state index is 0.103. The van der Waals surface area contributed by atoms with E-state index in [2.05, 4.69) is 10.3 Å². The van der Waals surface area contributed by atoms with Crippen LogP contribution >= 0.6 is 0 Å². The molecule has 1 N–H and O–H groups in total. The van der Waals surface area contributed by atoms with Crippen LogP contribution in [0.15, 0.2) is 10.8 Å². The number of likely N-dealkylation sites (tertiary alicyclic amines) is 1. The van der Waals surface area contributed by atoms with Crippen LogP contribution in [0, 0.1) is 6.92 Å². The topological polar surface area (TPSA) is 78.7 Å². The fraction of sp³-hybridized carbons (Fsp3) is 0.643. The zero-order valence-corrected chi connectivity index (χ0v) is 12.2. The second-order valence-electron chi connectivity index (χ2n) is 5.57. The lowest BCUT2D eigenvalue weighted by Gasteiger charge is -2.40. The highest BCUT2D eigenvalue weighted by Gasteiger charge is 2.32. The summed E-state index contributed by atoms with van der Waals surface area (Å²) < 4.78 is 5.11. The summed E-state index contributed by atoms with van der Waals surface area (Å²) in [5, 5.41) is 3.07. The molecule has 1 unspecified atom stereocenters. The lowest BCUT2D eigenvalue weighted by molar-refractivity contribution is -0.135. The smallest absolute Gasteiger partial charge is 0.276 e. The molecular formula is C14H20N4O3. The molecule has 2 aliphatic rings. The van der Waals surface area contributed by atoms with Crippen molar-refractivity contribution in [2.45, 2.75) is 25.8 Å². The van der Waals surface area contributed by atoms with Gasteiger partial charge in [0.1, 0.15) is 5.76 Å². The van der Waals surface area contributed by atoms with E-state index in [1.54, 1.807) is 11.8 Å². The summed E-state index contributed by atoms with van der Waals surface area (Å²) in [6.45, 7) is 4.96. The fourth-order valence-electron chi connectivity index (χ4n) is 3.06. The molecule has 0 bridgehead atoms. The van der Waals surface area contributed by atoms with Crippen molar-refractivity contribution in [3.63, 3.8) is 0 Å². The van der Waals surface area contributed by atoms with Gasteiger partial charge in [-0.1, -0.05) is 0 Å². The Hall–Kier alpha value is -1.89. The van der Waals surface area contributed by atoms with Crippen molar-refractivity contribution in [3.05, 3.63) is 17.8 Å². The molecule has 0 aromatic carbocycles. The lowest BCUT2D eigenvalue weighted by atomic mass is 10.0. The van der Waals surface area contributed by atoms with E-state index in [0.29, 0.717) is 37.6 Å². The molecule has 0 saturated carbocycles. The van der Waals surface area contributed by atoms with Crippen LogP contribution in [0.1, 0.15) is 29.1 Å². The summed E-state index contributed by atoms with van der Waals surface area (Å²) in [4.78, 5) is 32.2. The predicted octanol–water partition coefficient (Wildman–Crippen LogP) is 0.0194. The van der Waals surface area contributed by atoms with Crippen LogP contribution in [-0.2, 0) is 4.79 Å². The minimum Gasteiger partial charge on any atom is -0.448 e. The molecule has 7 nitrogen and oxygen atoms in total. The molecule has 3 heterocycles. The number of amides is 2. The van der Waals surface area contributed by atoms with Crippen LogP contribution in [0.5, 0.6) is 0 Å². The van der Waals surface area contributed by atoms with Crippen LogP contribution in [0.25, 0.3) is 0 Å². The first-order valence-corrected chi connectivity index (χ1v) is 7.36. The van der Waals surface area contributed by atoms with Gasteiger partial charge in [0.05, 0.1) is 6.54 Å². The number of carbonyl (C=O) groups excluding carboxylic acids is 2. The first-order chi connectivity index (χ1) is 10.2. The number of oxazole rings is 1. The van der Waals surface area contributed by atoms with E-state index >= 15 is 0 Å². The maximum atomic E-state index is 12.5. The number of hydrogen-bond acceptors (Lipinski definition) is 5. The molecule has 1 atom stereocenters. The Morgan fingerprint density at radius 3 is 3.05 bits per heavy atom. The number of aryl methyl sites for hydroxylation is 1. The van der Waals surface area contributed by atoms with Crippen LogP contribution < -0.4 is 5.32 Å². The largest absolute Gasteiger partial charge is 0.448 e. The van der Waals surface area contributed by atoms with Crippen molar-refractivity contribution < 1.29 is 14.0 Å². The third-order valence-corrected chi connectivity index (χ3v) is 4.20.